The summed E-state index contributed by atoms with van der Waals surface area (Å²) in [5.74, 6) is 0.516. The summed E-state index contributed by atoms with van der Waals surface area (Å²) in [6.07, 6.45) is 0.929. The van der Waals surface area contributed by atoms with Gasteiger partial charge in [0, 0.05) is 11.3 Å². The van der Waals surface area contributed by atoms with E-state index >= 15 is 0 Å². The Kier molecular flexibility index (Phi) is 5.52. The molecule has 4 heteroatoms. The Morgan fingerprint density at radius 3 is 2.57 bits per heavy atom. The summed E-state index contributed by atoms with van der Waals surface area (Å²) in [5, 5.41) is 9.71. The zero-order chi connectivity index (χ0) is 16.8. The van der Waals surface area contributed by atoms with E-state index in [-0.39, 0.29) is 23.6 Å². The molecule has 2 aromatic rings. The monoisotopic (exact) mass is 311 g/mol. The predicted molar refractivity (Wildman–Crippen MR) is 91.9 cm³/mol. The fourth-order valence-corrected chi connectivity index (χ4v) is 2.32. The van der Waals surface area contributed by atoms with Gasteiger partial charge in [0.25, 0.3) is 0 Å². The summed E-state index contributed by atoms with van der Waals surface area (Å²) >= 11 is 0. The maximum atomic E-state index is 12.2. The van der Waals surface area contributed by atoms with Gasteiger partial charge in [0.2, 0.25) is 0 Å². The van der Waals surface area contributed by atoms with Gasteiger partial charge in [-0.05, 0) is 43.2 Å². The van der Waals surface area contributed by atoms with Crippen LogP contribution in [0.15, 0.2) is 47.5 Å². The highest BCUT2D eigenvalue weighted by Gasteiger charge is 2.11. The number of ether oxygens (including phenoxy) is 1. The zero-order valence-electron chi connectivity index (χ0n) is 13.7. The molecule has 120 valence electrons. The van der Waals surface area contributed by atoms with Crippen molar-refractivity contribution in [1.29, 1.82) is 0 Å². The van der Waals surface area contributed by atoms with Crippen molar-refractivity contribution in [3.8, 4) is 11.5 Å². The van der Waals surface area contributed by atoms with E-state index in [9.17, 15) is 9.90 Å². The van der Waals surface area contributed by atoms with Crippen LogP contribution in [0.3, 0.4) is 0 Å². The number of carbonyl (C=O) groups is 1. The van der Waals surface area contributed by atoms with Gasteiger partial charge < -0.3 is 9.84 Å². The highest BCUT2D eigenvalue weighted by atomic mass is 16.5. The molecule has 0 aliphatic carbocycles. The average molecular weight is 311 g/mol. The molecule has 23 heavy (non-hydrogen) atoms. The minimum Gasteiger partial charge on any atom is -0.507 e. The van der Waals surface area contributed by atoms with Crippen molar-refractivity contribution in [2.24, 2.45) is 4.99 Å². The van der Waals surface area contributed by atoms with E-state index in [1.165, 1.54) is 11.6 Å². The van der Waals surface area contributed by atoms with E-state index in [0.717, 1.165) is 23.4 Å². The molecule has 0 radical (unpaired) electrons. The number of phenolic OH excluding ortho intramolecular Hbond substituents is 1. The first kappa shape index (κ1) is 16.7. The predicted octanol–water partition coefficient (Wildman–Crippen LogP) is 3.66. The van der Waals surface area contributed by atoms with E-state index < -0.39 is 0 Å². The molecule has 4 nitrogen and oxygen atoms in total. The van der Waals surface area contributed by atoms with E-state index in [0.29, 0.717) is 0 Å². The molecule has 0 unspecified atom stereocenters. The van der Waals surface area contributed by atoms with Crippen molar-refractivity contribution in [1.82, 2.24) is 0 Å². The Balaban J connectivity index is 2.20. The molecule has 0 fully saturated rings. The molecule has 0 aromatic heterocycles. The normalized spacial score (nSPS) is 11.3. The smallest absolute Gasteiger partial charge is 0.187 e. The molecule has 0 saturated heterocycles. The number of hydrogen-bond donors (Lipinski definition) is 1. The quantitative estimate of drug-likeness (QED) is 0.654. The number of hydrogen-bond acceptors (Lipinski definition) is 4. The number of aliphatic imine (C=N–C) groups is 1. The summed E-state index contributed by atoms with van der Waals surface area (Å²) in [4.78, 5) is 16.5. The van der Waals surface area contributed by atoms with Crippen LogP contribution in [0, 0.1) is 0 Å². The van der Waals surface area contributed by atoms with Gasteiger partial charge in [0.15, 0.2) is 5.78 Å². The standard InChI is InChI=1S/C19H21NO3/c1-4-14-9-10-15(19(11-14)23-3)13(2)20-12-18(22)16-7-5-6-8-17(16)21/h5-11,21H,4,12H2,1-3H3. The maximum absolute atomic E-state index is 12.2. The molecule has 0 bridgehead atoms. The molecule has 0 amide bonds. The lowest BCUT2D eigenvalue weighted by molar-refractivity contribution is 0.0999. The summed E-state index contributed by atoms with van der Waals surface area (Å²) in [5.41, 5.74) is 3.07. The molecule has 1 N–H and O–H groups in total. The van der Waals surface area contributed by atoms with Gasteiger partial charge in [-0.2, -0.15) is 0 Å². The van der Waals surface area contributed by atoms with Crippen molar-refractivity contribution in [2.75, 3.05) is 13.7 Å². The Bertz CT molecular complexity index is 735. The number of ketones is 1. The van der Waals surface area contributed by atoms with Crippen LogP contribution in [0.2, 0.25) is 0 Å². The first-order valence-corrected chi connectivity index (χ1v) is 7.56. The molecule has 0 atom stereocenters. The first-order chi connectivity index (χ1) is 11.1. The van der Waals surface area contributed by atoms with Crippen molar-refractivity contribution < 1.29 is 14.6 Å². The number of Topliss-reactive ketones (excluding diaryl/α,β-unsaturated/α-hetero) is 1. The fraction of sp³-hybridized carbons (Fsp3) is 0.263. The second-order valence-electron chi connectivity index (χ2n) is 5.23. The third-order valence-electron chi connectivity index (χ3n) is 3.73. The van der Waals surface area contributed by atoms with Crippen molar-refractivity contribution >= 4 is 11.5 Å². The van der Waals surface area contributed by atoms with Gasteiger partial charge >= 0.3 is 0 Å². The van der Waals surface area contributed by atoms with Crippen LogP contribution in [-0.2, 0) is 6.42 Å². The summed E-state index contributed by atoms with van der Waals surface area (Å²) in [7, 11) is 1.62. The van der Waals surface area contributed by atoms with Crippen molar-refractivity contribution in [3.63, 3.8) is 0 Å². The molecule has 0 spiro atoms. The number of benzene rings is 2. The van der Waals surface area contributed by atoms with Gasteiger partial charge in [-0.1, -0.05) is 25.1 Å². The number of phenols is 1. The largest absolute Gasteiger partial charge is 0.507 e. The zero-order valence-corrected chi connectivity index (χ0v) is 13.7. The van der Waals surface area contributed by atoms with Gasteiger partial charge in [0.05, 0.1) is 12.7 Å². The molecular formula is C19H21NO3. The van der Waals surface area contributed by atoms with Gasteiger partial charge in [0.1, 0.15) is 18.0 Å². The Labute approximate surface area is 136 Å². The lowest BCUT2D eigenvalue weighted by Gasteiger charge is -2.10. The number of methoxy groups -OCH3 is 1. The average Bonchev–Trinajstić information content (AvgIpc) is 2.59. The molecule has 0 aliphatic heterocycles. The Morgan fingerprint density at radius 2 is 1.91 bits per heavy atom. The highest BCUT2D eigenvalue weighted by molar-refractivity contribution is 6.05. The number of para-hydroxylation sites is 1. The molecule has 0 heterocycles. The first-order valence-electron chi connectivity index (χ1n) is 7.56. The molecule has 2 aromatic carbocycles. The number of carbonyl (C=O) groups excluding carboxylic acids is 1. The lowest BCUT2D eigenvalue weighted by atomic mass is 10.1. The minimum absolute atomic E-state index is 0.0118. The van der Waals surface area contributed by atoms with Crippen LogP contribution >= 0.6 is 0 Å². The number of rotatable bonds is 6. The molecular weight excluding hydrogens is 290 g/mol. The third-order valence-corrected chi connectivity index (χ3v) is 3.73. The van der Waals surface area contributed by atoms with Gasteiger partial charge in [-0.25, -0.2) is 0 Å². The van der Waals surface area contributed by atoms with Crippen LogP contribution in [0.4, 0.5) is 0 Å². The second kappa shape index (κ2) is 7.58. The summed E-state index contributed by atoms with van der Waals surface area (Å²) in [6.45, 7) is 3.92. The summed E-state index contributed by atoms with van der Waals surface area (Å²) in [6, 6.07) is 12.5. The van der Waals surface area contributed by atoms with E-state index in [2.05, 4.69) is 11.9 Å². The van der Waals surface area contributed by atoms with Crippen LogP contribution in [0.5, 0.6) is 11.5 Å². The lowest BCUT2D eigenvalue weighted by Crippen LogP contribution is -2.07. The Morgan fingerprint density at radius 1 is 1.17 bits per heavy atom. The second-order valence-corrected chi connectivity index (χ2v) is 5.23. The number of aromatic hydroxyl groups is 1. The molecule has 0 saturated carbocycles. The highest BCUT2D eigenvalue weighted by Crippen LogP contribution is 2.22. The number of nitrogens with zero attached hydrogens (tertiary/aromatic N) is 1. The molecule has 0 aliphatic rings. The van der Waals surface area contributed by atoms with Crippen LogP contribution < -0.4 is 4.74 Å². The van der Waals surface area contributed by atoms with Crippen LogP contribution in [0.25, 0.3) is 0 Å². The SMILES string of the molecule is CCc1ccc(C(C)=NCC(=O)c2ccccc2O)c(OC)c1. The Hall–Kier alpha value is -2.62. The van der Waals surface area contributed by atoms with Crippen molar-refractivity contribution in [2.45, 2.75) is 20.3 Å². The van der Waals surface area contributed by atoms with E-state index in [1.807, 2.05) is 25.1 Å². The summed E-state index contributed by atoms with van der Waals surface area (Å²) < 4.78 is 5.41. The topological polar surface area (TPSA) is 58.9 Å². The van der Waals surface area contributed by atoms with Crippen LogP contribution in [-0.4, -0.2) is 30.3 Å². The van der Waals surface area contributed by atoms with Crippen molar-refractivity contribution in [3.05, 3.63) is 59.2 Å². The minimum atomic E-state index is -0.216. The van der Waals surface area contributed by atoms with Gasteiger partial charge in [-0.15, -0.1) is 0 Å². The fourth-order valence-electron chi connectivity index (χ4n) is 2.32. The third kappa shape index (κ3) is 3.97. The number of aryl methyl sites for hydroxylation is 1. The molecule has 2 rings (SSSR count). The van der Waals surface area contributed by atoms with E-state index in [4.69, 9.17) is 4.74 Å². The maximum Gasteiger partial charge on any atom is 0.187 e. The van der Waals surface area contributed by atoms with Gasteiger partial charge in [-0.3, -0.25) is 9.79 Å². The van der Waals surface area contributed by atoms with Crippen LogP contribution in [0.1, 0.15) is 35.3 Å². The van der Waals surface area contributed by atoms with E-state index in [1.54, 1.807) is 25.3 Å².